The highest BCUT2D eigenvalue weighted by atomic mass is 35.5. The van der Waals surface area contributed by atoms with Crippen LogP contribution in [0.2, 0.25) is 0 Å². The Bertz CT molecular complexity index is 2480. The zero-order valence-corrected chi connectivity index (χ0v) is 48.3. The van der Waals surface area contributed by atoms with Crippen molar-refractivity contribution >= 4 is 48.6 Å². The molecule has 2 amide bonds. The van der Waals surface area contributed by atoms with Crippen molar-refractivity contribution in [2.24, 2.45) is 52.7 Å². The van der Waals surface area contributed by atoms with Gasteiger partial charge in [0.05, 0.1) is 80.5 Å². The maximum absolute atomic E-state index is 11.8. The van der Waals surface area contributed by atoms with Gasteiger partial charge in [0.15, 0.2) is 11.6 Å². The third kappa shape index (κ3) is 15.0. The van der Waals surface area contributed by atoms with Crippen molar-refractivity contribution in [1.29, 1.82) is 0 Å². The molecule has 83 heavy (non-hydrogen) atoms. The molecule has 0 radical (unpaired) electrons. The van der Waals surface area contributed by atoms with Gasteiger partial charge in [-0.2, -0.15) is 0 Å². The van der Waals surface area contributed by atoms with Gasteiger partial charge in [-0.1, -0.05) is 25.0 Å². The van der Waals surface area contributed by atoms with Crippen molar-refractivity contribution in [3.05, 3.63) is 45.3 Å². The number of rotatable bonds is 5. The SMILES string of the molecule is COC(=O)[C@H]1C[C@@H](N)C(O)[C@H]1O.COC(=O)[C@H]1C[C@@H](N)C2OC3(CCCCC3)O[C@H]21.Cl.Cl.N[C@@H]1C[C@H](CO)[C@@H]2OC3(CCCCC3)OC12.O=C1N[C@@H]2C[C@H]1[C@H](O)C2O.O=C1N[C@H]2C=C[C@@H]1C2.O=c1ccn([C@@H]2C[C@H](CO)[C@H](O)C2O)c(=O)[nH]1. The highest BCUT2D eigenvalue weighted by Gasteiger charge is 2.59. The number of esters is 2. The summed E-state index contributed by atoms with van der Waals surface area (Å²) in [5.74, 6) is -2.90. The highest BCUT2D eigenvalue weighted by molar-refractivity contribution is 5.86. The fourth-order valence-electron chi connectivity index (χ4n) is 13.8. The number of aliphatic hydroxyl groups excluding tert-OH is 8. The van der Waals surface area contributed by atoms with E-state index in [0.29, 0.717) is 18.9 Å². The highest BCUT2D eigenvalue weighted by Crippen LogP contribution is 2.49. The predicted octanol–water partition coefficient (Wildman–Crippen LogP) is -3.11. The first-order chi connectivity index (χ1) is 38.6. The van der Waals surface area contributed by atoms with Crippen LogP contribution in [0.1, 0.15) is 109 Å². The van der Waals surface area contributed by atoms with Gasteiger partial charge in [-0.15, -0.1) is 24.8 Å². The topological polar surface area (TPSA) is 442 Å². The molecule has 5 unspecified atom stereocenters. The quantitative estimate of drug-likeness (QED) is 0.103. The number of piperidine rings is 1. The number of hydrogen-bond acceptors (Lipinski definition) is 23. The summed E-state index contributed by atoms with van der Waals surface area (Å²) in [4.78, 5) is 68.7. The van der Waals surface area contributed by atoms with E-state index in [2.05, 4.69) is 26.4 Å². The molecule has 17 N–H and O–H groups in total. The normalized spacial score (nSPS) is 40.8. The molecule has 8 aliphatic carbocycles. The van der Waals surface area contributed by atoms with Crippen molar-refractivity contribution in [3.8, 4) is 0 Å². The Morgan fingerprint density at radius 1 is 0.590 bits per heavy atom. The molecule has 29 heteroatoms. The van der Waals surface area contributed by atoms with Crippen molar-refractivity contribution in [2.45, 2.75) is 212 Å². The van der Waals surface area contributed by atoms with E-state index in [4.69, 9.17) is 56.2 Å². The van der Waals surface area contributed by atoms with Crippen LogP contribution in [0.15, 0.2) is 34.0 Å². The number of aromatic nitrogens is 2. The first-order valence-corrected chi connectivity index (χ1v) is 28.6. The number of carbonyl (C=O) groups is 4. The van der Waals surface area contributed by atoms with E-state index >= 15 is 0 Å². The minimum Gasteiger partial charge on any atom is -0.469 e. The standard InChI is InChI=1S/C13H21NO4.C12H21NO3.C10H14N2O5.C7H13NO4.C6H9NO3.C6H7NO.2ClH/c1-16-12(15)8-7-9(14)11-10(8)17-13(18-11)5-3-2-4-6-13;13-9-6-8(7-14)10-11(9)16-12(15-10)4-2-1-3-5-12;13-4-5-3-6(9(16)8(5)15)12-2-1-7(14)11-10(12)17;1-12-7(11)3-2-4(8)6(10)5(3)9;8-4-2-1-3(5(4)9)7-6(2)10;8-6-4-1-2-5(3-4)7-6;;/h8-11H,2-7,14H2,1H3;8-11,14H,1-7,13H2;1-2,5-6,8-9,13,15-16H,3-4H2,(H,11,14,17);3-6,9-10H,2,8H2,1H3;2-5,8-9H,1H2,(H,7,10);1-2,4-5H,3H2,(H,7,8);2*1H/t8-,9+,10-,11?;8-,9-,10+,11?;5-,6-,8+,9?;3-,4+,5-,6?;2-,3+,4-,5?;4-,5+;;/m011001../s1. The summed E-state index contributed by atoms with van der Waals surface area (Å²) in [6.45, 7) is -0.0961. The molecule has 472 valence electrons. The summed E-state index contributed by atoms with van der Waals surface area (Å²) in [6, 6.07) is 0.0757. The molecule has 4 aliphatic heterocycles. The smallest absolute Gasteiger partial charge is 0.328 e. The third-order valence-electron chi connectivity index (χ3n) is 18.4. The summed E-state index contributed by atoms with van der Waals surface area (Å²) < 4.78 is 34.9. The van der Waals surface area contributed by atoms with Crippen molar-refractivity contribution < 1.29 is 88.5 Å². The minimum absolute atomic E-state index is 0. The maximum Gasteiger partial charge on any atom is 0.328 e. The summed E-state index contributed by atoms with van der Waals surface area (Å²) in [5, 5.41) is 80.0. The number of aromatic amines is 1. The van der Waals surface area contributed by atoms with Crippen LogP contribution < -0.4 is 39.1 Å². The van der Waals surface area contributed by atoms with Gasteiger partial charge in [-0.05, 0) is 64.2 Å². The van der Waals surface area contributed by atoms with E-state index in [-0.39, 0.29) is 141 Å². The van der Waals surface area contributed by atoms with Crippen LogP contribution in [0.3, 0.4) is 0 Å². The Hall–Kier alpha value is -3.72. The number of methoxy groups -OCH3 is 2. The molecule has 12 aliphatic rings. The molecule has 0 aromatic carbocycles. The second kappa shape index (κ2) is 29.3. The second-order valence-corrected chi connectivity index (χ2v) is 23.7. The van der Waals surface area contributed by atoms with Crippen LogP contribution >= 0.6 is 24.8 Å². The molecule has 5 heterocycles. The summed E-state index contributed by atoms with van der Waals surface area (Å²) in [6.07, 6.45) is 13.6. The number of fused-ring (bicyclic) bond motifs is 6. The lowest BCUT2D eigenvalue weighted by Crippen LogP contribution is -2.48. The predicted molar refractivity (Wildman–Crippen MR) is 296 cm³/mol. The molecule has 27 nitrogen and oxygen atoms in total. The van der Waals surface area contributed by atoms with Gasteiger partial charge in [-0.3, -0.25) is 33.5 Å². The molecular formula is C54H87Cl2N7O20. The fraction of sp³-hybridized carbons (Fsp3) is 0.815. The van der Waals surface area contributed by atoms with E-state index < -0.39 is 83.5 Å². The number of H-pyrrole nitrogens is 1. The van der Waals surface area contributed by atoms with Gasteiger partial charge < -0.3 is 97.1 Å². The maximum atomic E-state index is 11.8. The molecule has 11 fully saturated rings. The monoisotopic (exact) mass is 1220 g/mol. The average Bonchev–Trinajstić information content (AvgIpc) is 2.64. The number of nitrogens with one attached hydrogen (secondary N) is 3. The van der Waals surface area contributed by atoms with E-state index in [9.17, 15) is 54.3 Å². The molecular weight excluding hydrogens is 1140 g/mol. The Kier molecular flexibility index (Phi) is 24.2. The largest absolute Gasteiger partial charge is 0.469 e. The van der Waals surface area contributed by atoms with Crippen LogP contribution in [0.25, 0.3) is 0 Å². The van der Waals surface area contributed by atoms with Crippen LogP contribution in [0.5, 0.6) is 0 Å². The van der Waals surface area contributed by atoms with Gasteiger partial charge >= 0.3 is 17.6 Å². The van der Waals surface area contributed by atoms with Crippen LogP contribution in [-0.2, 0) is 47.6 Å². The fourth-order valence-corrected chi connectivity index (χ4v) is 13.8. The van der Waals surface area contributed by atoms with Crippen LogP contribution in [-0.4, -0.2) is 204 Å². The Morgan fingerprint density at radius 2 is 1.13 bits per heavy atom. The number of amides is 2. The number of halogens is 2. The van der Waals surface area contributed by atoms with Gasteiger partial charge in [0.1, 0.15) is 30.5 Å². The molecule has 4 bridgehead atoms. The van der Waals surface area contributed by atoms with Crippen molar-refractivity contribution in [1.82, 2.24) is 20.2 Å². The number of nitrogens with two attached hydrogens (primary N) is 3. The van der Waals surface area contributed by atoms with E-state index in [1.165, 1.54) is 56.7 Å². The van der Waals surface area contributed by atoms with Gasteiger partial charge in [0.25, 0.3) is 5.56 Å². The van der Waals surface area contributed by atoms with E-state index in [0.717, 1.165) is 51.4 Å². The Balaban J connectivity index is 0.000000162. The van der Waals surface area contributed by atoms with E-state index in [1.807, 2.05) is 6.08 Å². The molecule has 7 saturated carbocycles. The summed E-state index contributed by atoms with van der Waals surface area (Å²) in [5.41, 5.74) is 16.4. The van der Waals surface area contributed by atoms with Gasteiger partial charge in [0, 0.05) is 87.2 Å². The second-order valence-electron chi connectivity index (χ2n) is 23.7. The van der Waals surface area contributed by atoms with Gasteiger partial charge in [0.2, 0.25) is 11.8 Å². The number of hydrogen-bond donors (Lipinski definition) is 14. The first-order valence-electron chi connectivity index (χ1n) is 28.6. The van der Waals surface area contributed by atoms with Crippen LogP contribution in [0.4, 0.5) is 0 Å². The third-order valence-corrected chi connectivity index (χ3v) is 18.4. The lowest BCUT2D eigenvalue weighted by atomic mass is 9.94. The number of nitrogens with zero attached hydrogens (tertiary/aromatic N) is 1. The summed E-state index contributed by atoms with van der Waals surface area (Å²) in [7, 11) is 2.65. The van der Waals surface area contributed by atoms with Crippen LogP contribution in [0, 0.1) is 35.5 Å². The zero-order chi connectivity index (χ0) is 58.7. The minimum atomic E-state index is -1.13. The lowest BCUT2D eigenvalue weighted by Gasteiger charge is -2.33. The first kappa shape index (κ1) is 68.4. The summed E-state index contributed by atoms with van der Waals surface area (Å²) >= 11 is 0. The van der Waals surface area contributed by atoms with Crippen molar-refractivity contribution in [2.75, 3.05) is 27.4 Å². The molecule has 1 aromatic heterocycles. The average molecular weight is 1230 g/mol. The lowest BCUT2D eigenvalue weighted by molar-refractivity contribution is -0.205. The van der Waals surface area contributed by atoms with Gasteiger partial charge in [-0.25, -0.2) is 4.79 Å². The molecule has 13 rings (SSSR count). The number of ether oxygens (including phenoxy) is 6. The van der Waals surface area contributed by atoms with E-state index in [1.54, 1.807) is 0 Å². The number of aliphatic hydroxyl groups is 8. The van der Waals surface area contributed by atoms with Crippen molar-refractivity contribution in [3.63, 3.8) is 0 Å². The Labute approximate surface area is 492 Å². The molecule has 2 spiro atoms. The molecule has 4 saturated heterocycles. The Morgan fingerprint density at radius 3 is 1.58 bits per heavy atom. The zero-order valence-electron chi connectivity index (χ0n) is 46.7. The number of carbonyl (C=O) groups excluding carboxylic acids is 4. The molecule has 22 atom stereocenters. The molecule has 1 aromatic rings.